The maximum absolute atomic E-state index is 6.27. The summed E-state index contributed by atoms with van der Waals surface area (Å²) in [7, 11) is 40.6. The molecule has 0 saturated heterocycles. The molecule has 0 rings (SSSR count). The SMILES string of the molecule is [3H]C([3H])([3H])[B].[3H]C([3H])([B])[B].[3H]C([3H])[B].[3H]C([B])([B])[B].[3H]C([B])[B]. The van der Waals surface area contributed by atoms with E-state index in [1.165, 1.54) is 0 Å². The largest absolute Gasteiger partial charge is 0.142 e. The molecular formula is C5H11B9. The Hall–Kier alpha value is 0.584. The van der Waals surface area contributed by atoms with Crippen LogP contribution in [0.3, 0.4) is 0 Å². The highest BCUT2D eigenvalue weighted by atomic mass is 13.2. The first-order chi connectivity index (χ1) is 9.46. The fourth-order valence-corrected chi connectivity index (χ4v) is 0. The number of hydrogen-bond donors (Lipinski definition) is 0. The summed E-state index contributed by atoms with van der Waals surface area (Å²) in [5.74, 6) is 0. The van der Waals surface area contributed by atoms with Gasteiger partial charge in [0, 0.05) is 35.9 Å². The van der Waals surface area contributed by atoms with Crippen LogP contribution in [0.5, 0.6) is 0 Å². The summed E-state index contributed by atoms with van der Waals surface area (Å²) in [5, 5.41) is 0. The third-order valence-electron chi connectivity index (χ3n) is 0. The Labute approximate surface area is 115 Å². The molecule has 0 atom stereocenters. The molecule has 0 aliphatic carbocycles. The van der Waals surface area contributed by atoms with E-state index in [1.807, 2.05) is 0 Å². The van der Waals surface area contributed by atoms with Crippen LogP contribution >= 0.6 is 0 Å². The monoisotopic (exact) mass is 188 g/mol. The Kier molecular flexibility index (Phi) is 38.4. The van der Waals surface area contributed by atoms with Gasteiger partial charge in [-0.25, -0.2) is 0 Å². The van der Waals surface area contributed by atoms with Crippen LogP contribution in [-0.4, -0.2) is 70.6 Å². The van der Waals surface area contributed by atoms with E-state index in [-0.39, 0.29) is 0 Å². The first kappa shape index (κ1) is 7.79. The van der Waals surface area contributed by atoms with E-state index in [1.54, 1.807) is 0 Å². The van der Waals surface area contributed by atoms with Crippen molar-refractivity contribution in [2.24, 2.45) is 0 Å². The van der Waals surface area contributed by atoms with E-state index >= 15 is 0 Å². The molecule has 9 heteroatoms. The molecule has 0 unspecified atom stereocenters. The molecule has 0 fully saturated rings. The highest BCUT2D eigenvalue weighted by molar-refractivity contribution is 6.54. The Morgan fingerprint density at radius 2 is 1.14 bits per heavy atom. The summed E-state index contributed by atoms with van der Waals surface area (Å²) in [6, 6.07) is 0. The van der Waals surface area contributed by atoms with Crippen LogP contribution in [-0.2, 0) is 0 Å². The first-order valence-corrected chi connectivity index (χ1v) is 2.73. The van der Waals surface area contributed by atoms with Crippen LogP contribution < -0.4 is 0 Å². The van der Waals surface area contributed by atoms with Gasteiger partial charge in [0.05, 0.1) is 47.1 Å². The van der Waals surface area contributed by atoms with Gasteiger partial charge in [0.1, 0.15) is 0 Å². The Morgan fingerprint density at radius 1 is 1.14 bits per heavy atom. The lowest BCUT2D eigenvalue weighted by Gasteiger charge is -1.78. The van der Waals surface area contributed by atoms with E-state index in [0.29, 0.717) is 0 Å². The van der Waals surface area contributed by atoms with Crippen LogP contribution in [0, 0.1) is 0 Å². The third-order valence-corrected chi connectivity index (χ3v) is 0. The molecule has 14 heavy (non-hydrogen) atoms. The van der Waals surface area contributed by atoms with Crippen molar-refractivity contribution in [1.29, 1.82) is 0 Å². The second kappa shape index (κ2) is 69.0. The lowest BCUT2D eigenvalue weighted by molar-refractivity contribution is 1.91. The van der Waals surface area contributed by atoms with E-state index in [4.69, 9.17) is 12.3 Å². The zero-order chi connectivity index (χ0) is 20.7. The highest BCUT2D eigenvalue weighted by Crippen LogP contribution is 1.68. The van der Waals surface area contributed by atoms with Crippen LogP contribution in [0.4, 0.5) is 0 Å². The average Bonchev–Trinajstić information content (AvgIpc) is 1.85. The molecule has 18 radical (unpaired) electrons. The van der Waals surface area contributed by atoms with Crippen molar-refractivity contribution in [3.8, 4) is 0 Å². The van der Waals surface area contributed by atoms with Crippen LogP contribution in [0.15, 0.2) is 0 Å². The van der Waals surface area contributed by atoms with E-state index in [0.717, 1.165) is 0 Å². The second-order valence-electron chi connectivity index (χ2n) is 0.859. The molecule has 0 aromatic heterocycles. The lowest BCUT2D eigenvalue weighted by Crippen LogP contribution is -1.84. The quantitative estimate of drug-likeness (QED) is 0.426. The molecule has 0 nitrogen and oxygen atoms in total. The van der Waals surface area contributed by atoms with Crippen molar-refractivity contribution in [2.45, 2.75) is 31.5 Å². The number of rotatable bonds is 0. The second-order valence-corrected chi connectivity index (χ2v) is 0.859. The minimum atomic E-state index is -2.25. The Balaban J connectivity index is -0.0000000589. The predicted octanol–water partition coefficient (Wildman–Crippen LogP) is -1.00. The maximum Gasteiger partial charge on any atom is 0.0606 e. The van der Waals surface area contributed by atoms with Gasteiger partial charge < -0.3 is 0 Å². The molecule has 0 heterocycles. The molecule has 0 aliphatic heterocycles. The zero-order valence-corrected chi connectivity index (χ0v) is 7.85. The molecule has 0 aromatic rings. The van der Waals surface area contributed by atoms with Gasteiger partial charge in [-0.3, -0.25) is 0 Å². The van der Waals surface area contributed by atoms with E-state index in [2.05, 4.69) is 70.6 Å². The van der Waals surface area contributed by atoms with Crippen LogP contribution in [0.2, 0.25) is 31.5 Å². The maximum atomic E-state index is 6.27. The summed E-state index contributed by atoms with van der Waals surface area (Å²) >= 11 is 0. The van der Waals surface area contributed by atoms with Crippen molar-refractivity contribution in [1.82, 2.24) is 0 Å². The van der Waals surface area contributed by atoms with Crippen LogP contribution in [0.1, 0.15) is 12.3 Å². The van der Waals surface area contributed by atoms with E-state index in [9.17, 15) is 0 Å². The molecule has 0 aliphatic rings. The van der Waals surface area contributed by atoms with Gasteiger partial charge in [-0.1, -0.05) is 13.5 Å². The molecule has 0 spiro atoms. The minimum Gasteiger partial charge on any atom is -0.142 e. The van der Waals surface area contributed by atoms with Gasteiger partial charge >= 0.3 is 0 Å². The Morgan fingerprint density at radius 3 is 1.14 bits per heavy atom. The summed E-state index contributed by atoms with van der Waals surface area (Å²) < 4.78 is 54.9. The molecule has 58 valence electrons. The fourth-order valence-electron chi connectivity index (χ4n) is 0. The van der Waals surface area contributed by atoms with Crippen LogP contribution in [0.25, 0.3) is 0 Å². The van der Waals surface area contributed by atoms with Crippen molar-refractivity contribution in [3.63, 3.8) is 0 Å². The minimum absolute atomic E-state index is 0.917. The van der Waals surface area contributed by atoms with Gasteiger partial charge in [0.15, 0.2) is 0 Å². The van der Waals surface area contributed by atoms with Gasteiger partial charge in [0.2, 0.25) is 0 Å². The summed E-state index contributed by atoms with van der Waals surface area (Å²) in [6.07, 6.45) is -2.92. The van der Waals surface area contributed by atoms with Gasteiger partial charge in [-0.2, -0.15) is 0 Å². The standard InChI is InChI=1S/CHB3.2CH2B2.2CH3B/c2-1(3)4;2*2-1-3;2*1-2/h1H;2*1H2;2*1H3/i1T;1T2;1T;1T3;1T2. The topological polar surface area (TPSA) is 0 Å². The average molecular weight is 187 g/mol. The van der Waals surface area contributed by atoms with E-state index < -0.39 is 31.5 Å². The van der Waals surface area contributed by atoms with Gasteiger partial charge in [0.25, 0.3) is 0 Å². The molecule has 0 amide bonds. The third kappa shape index (κ3) is 4940. The smallest absolute Gasteiger partial charge is 0.0606 e. The zero-order valence-electron chi connectivity index (χ0n) is 16.9. The summed E-state index contributed by atoms with van der Waals surface area (Å²) in [5.41, 5.74) is -1.75. The first-order valence-electron chi connectivity index (χ1n) is 7.46. The summed E-state index contributed by atoms with van der Waals surface area (Å²) in [6.45, 7) is -3.42. The van der Waals surface area contributed by atoms with Crippen molar-refractivity contribution in [3.05, 3.63) is 0 Å². The van der Waals surface area contributed by atoms with Gasteiger partial charge in [-0.05, 0) is 0 Å². The van der Waals surface area contributed by atoms with Crippen molar-refractivity contribution >= 4 is 70.6 Å². The van der Waals surface area contributed by atoms with Gasteiger partial charge in [-0.15, -0.1) is 18.0 Å². The molecular weight excluding hydrogens is 157 g/mol. The van der Waals surface area contributed by atoms with Crippen molar-refractivity contribution < 1.29 is 12.3 Å². The predicted molar refractivity (Wildman–Crippen MR) is 76.9 cm³/mol. The highest BCUT2D eigenvalue weighted by Gasteiger charge is 1.69. The molecule has 0 saturated carbocycles. The summed E-state index contributed by atoms with van der Waals surface area (Å²) in [4.78, 5) is 0. The normalized spacial score (nSPS) is 18.0. The fraction of sp³-hybridized carbons (Fsp3) is 1.00. The Bertz CT molecular complexity index is 165. The van der Waals surface area contributed by atoms with Crippen molar-refractivity contribution in [2.75, 3.05) is 0 Å². The molecule has 0 bridgehead atoms. The lowest BCUT2D eigenvalue weighted by atomic mass is 9.58. The molecule has 0 aromatic carbocycles. The molecule has 0 N–H and O–H groups in total. The number of hydrogen-bond acceptors (Lipinski definition) is 0.